The molecule has 1 unspecified atom stereocenters. The maximum Gasteiger partial charge on any atom is 0.172 e. The lowest BCUT2D eigenvalue weighted by molar-refractivity contribution is 0.323. The van der Waals surface area contributed by atoms with Crippen molar-refractivity contribution in [2.45, 2.75) is 5.41 Å². The Morgan fingerprint density at radius 2 is 1.80 bits per heavy atom. The molecule has 0 saturated carbocycles. The van der Waals surface area contributed by atoms with E-state index >= 15 is 0 Å². The first-order chi connectivity index (χ1) is 12.4. The molecule has 4 aliphatic rings. The summed E-state index contributed by atoms with van der Waals surface area (Å²) in [5.74, 6) is 3.22. The minimum absolute atomic E-state index is 0.407. The van der Waals surface area contributed by atoms with E-state index in [2.05, 4.69) is 35.2 Å². The second-order valence-corrected chi connectivity index (χ2v) is 6.46. The highest BCUT2D eigenvalue weighted by Gasteiger charge is 2.55. The van der Waals surface area contributed by atoms with E-state index in [-0.39, 0.29) is 0 Å². The molecule has 0 N–H and O–H groups in total. The molecule has 2 aromatic carbocycles. The molecular weight excluding hydrogens is 316 g/mol. The molecule has 122 valence electrons. The zero-order chi connectivity index (χ0) is 16.4. The Balaban J connectivity index is 1.65. The molecule has 0 bridgehead atoms. The summed E-state index contributed by atoms with van der Waals surface area (Å²) in [7, 11) is 0. The van der Waals surface area contributed by atoms with Crippen LogP contribution in [0, 0.1) is 0 Å². The van der Waals surface area contributed by atoms with Crippen LogP contribution in [0.2, 0.25) is 0 Å². The third-order valence-corrected chi connectivity index (χ3v) is 5.28. The van der Waals surface area contributed by atoms with Gasteiger partial charge in [-0.1, -0.05) is 18.2 Å². The molecule has 5 heteroatoms. The van der Waals surface area contributed by atoms with E-state index < -0.39 is 5.41 Å². The average molecular weight is 330 g/mol. The van der Waals surface area contributed by atoms with Gasteiger partial charge in [0.05, 0.1) is 0 Å². The number of hydrogen-bond acceptors (Lipinski definition) is 5. The van der Waals surface area contributed by atoms with Crippen LogP contribution in [0.25, 0.3) is 0 Å². The third kappa shape index (κ3) is 1.51. The fourth-order valence-electron chi connectivity index (χ4n) is 4.23. The fourth-order valence-corrected chi connectivity index (χ4v) is 4.23. The largest absolute Gasteiger partial charge is 0.491 e. The number of rotatable bonds is 0. The number of hydrogen-bond donors (Lipinski definition) is 0. The van der Waals surface area contributed by atoms with Crippen molar-refractivity contribution in [1.29, 1.82) is 0 Å². The molecule has 0 aliphatic carbocycles. The molecule has 1 spiro atoms. The van der Waals surface area contributed by atoms with Crippen LogP contribution in [0.15, 0.2) is 66.2 Å². The van der Waals surface area contributed by atoms with Gasteiger partial charge in [-0.05, 0) is 23.8 Å². The van der Waals surface area contributed by atoms with Gasteiger partial charge < -0.3 is 19.1 Å². The maximum atomic E-state index is 6.12. The number of anilines is 1. The minimum atomic E-state index is -0.407. The van der Waals surface area contributed by atoms with E-state index in [1.54, 1.807) is 6.26 Å². The first kappa shape index (κ1) is 13.1. The van der Waals surface area contributed by atoms with Gasteiger partial charge in [-0.15, -0.1) is 0 Å². The first-order valence-corrected chi connectivity index (χ1v) is 8.28. The lowest BCUT2D eigenvalue weighted by atomic mass is 9.76. The van der Waals surface area contributed by atoms with Gasteiger partial charge in [-0.25, -0.2) is 4.99 Å². The SMILES string of the molecule is C1=CN=C2N(C1)c1ccccc1C21COc2cc3c(cc21)OC=CO3. The Labute approximate surface area is 144 Å². The Bertz CT molecular complexity index is 1010. The highest BCUT2D eigenvalue weighted by atomic mass is 16.5. The molecule has 1 atom stereocenters. The van der Waals surface area contributed by atoms with Crippen LogP contribution in [0.4, 0.5) is 5.69 Å². The highest BCUT2D eigenvalue weighted by molar-refractivity contribution is 6.15. The van der Waals surface area contributed by atoms with Crippen LogP contribution in [-0.2, 0) is 5.41 Å². The Morgan fingerprint density at radius 3 is 2.72 bits per heavy atom. The van der Waals surface area contributed by atoms with Crippen LogP contribution in [0.1, 0.15) is 11.1 Å². The van der Waals surface area contributed by atoms with Gasteiger partial charge in [0, 0.05) is 30.1 Å². The van der Waals surface area contributed by atoms with Gasteiger partial charge in [-0.2, -0.15) is 0 Å². The summed E-state index contributed by atoms with van der Waals surface area (Å²) < 4.78 is 17.3. The predicted octanol–water partition coefficient (Wildman–Crippen LogP) is 3.35. The smallest absolute Gasteiger partial charge is 0.172 e. The second-order valence-electron chi connectivity index (χ2n) is 6.46. The van der Waals surface area contributed by atoms with Crippen molar-refractivity contribution < 1.29 is 14.2 Å². The van der Waals surface area contributed by atoms with Gasteiger partial charge in [0.1, 0.15) is 36.1 Å². The quantitative estimate of drug-likeness (QED) is 0.743. The van der Waals surface area contributed by atoms with Gasteiger partial charge in [0.25, 0.3) is 0 Å². The summed E-state index contributed by atoms with van der Waals surface area (Å²) in [4.78, 5) is 7.02. The summed E-state index contributed by atoms with van der Waals surface area (Å²) in [5, 5.41) is 0. The molecule has 0 saturated heterocycles. The van der Waals surface area contributed by atoms with Crippen LogP contribution in [0.5, 0.6) is 17.2 Å². The molecule has 0 fully saturated rings. The third-order valence-electron chi connectivity index (χ3n) is 5.28. The van der Waals surface area contributed by atoms with Gasteiger partial charge in [0.2, 0.25) is 0 Å². The highest BCUT2D eigenvalue weighted by Crippen LogP contribution is 2.55. The van der Waals surface area contributed by atoms with Crippen molar-refractivity contribution in [3.05, 3.63) is 72.3 Å². The predicted molar refractivity (Wildman–Crippen MR) is 93.5 cm³/mol. The van der Waals surface area contributed by atoms with E-state index in [1.807, 2.05) is 18.3 Å². The van der Waals surface area contributed by atoms with Crippen LogP contribution >= 0.6 is 0 Å². The first-order valence-electron chi connectivity index (χ1n) is 8.28. The van der Waals surface area contributed by atoms with E-state index in [0.29, 0.717) is 18.1 Å². The number of benzene rings is 2. The molecule has 4 heterocycles. The summed E-state index contributed by atoms with van der Waals surface area (Å²) in [5.41, 5.74) is 3.09. The minimum Gasteiger partial charge on any atom is -0.491 e. The number of nitrogens with zero attached hydrogens (tertiary/aromatic N) is 2. The monoisotopic (exact) mass is 330 g/mol. The van der Waals surface area contributed by atoms with Crippen molar-refractivity contribution in [1.82, 2.24) is 0 Å². The van der Waals surface area contributed by atoms with Crippen molar-refractivity contribution in [2.24, 2.45) is 4.99 Å². The maximum absolute atomic E-state index is 6.12. The van der Waals surface area contributed by atoms with Gasteiger partial charge in [-0.3, -0.25) is 0 Å². The Kier molecular flexibility index (Phi) is 2.33. The lowest BCUT2D eigenvalue weighted by Gasteiger charge is -2.28. The topological polar surface area (TPSA) is 43.3 Å². The zero-order valence-corrected chi connectivity index (χ0v) is 13.3. The van der Waals surface area contributed by atoms with Crippen molar-refractivity contribution in [3.63, 3.8) is 0 Å². The Hall–Kier alpha value is -3.21. The molecule has 25 heavy (non-hydrogen) atoms. The molecule has 0 radical (unpaired) electrons. The molecule has 5 nitrogen and oxygen atoms in total. The van der Waals surface area contributed by atoms with Crippen LogP contribution < -0.4 is 19.1 Å². The molecule has 4 aliphatic heterocycles. The molecule has 0 amide bonds. The number of ether oxygens (including phenoxy) is 3. The van der Waals surface area contributed by atoms with Crippen LogP contribution in [0.3, 0.4) is 0 Å². The lowest BCUT2D eigenvalue weighted by Crippen LogP contribution is -2.43. The average Bonchev–Trinajstić information content (AvgIpc) is 3.19. The standard InChI is InChI=1S/C20H14N2O3/c1-2-5-15-13(4-1)20(19-21-6-3-7-22(15)19)12-25-16-11-18-17(10-14(16)20)23-8-9-24-18/h1-6,8-11H,7,12H2. The van der Waals surface area contributed by atoms with E-state index in [1.165, 1.54) is 17.5 Å². The molecule has 2 aromatic rings. The molecule has 0 aromatic heterocycles. The normalized spacial score (nSPS) is 23.8. The van der Waals surface area contributed by atoms with Gasteiger partial charge in [0.15, 0.2) is 11.5 Å². The fraction of sp³-hybridized carbons (Fsp3) is 0.150. The van der Waals surface area contributed by atoms with E-state index in [0.717, 1.165) is 23.7 Å². The van der Waals surface area contributed by atoms with Gasteiger partial charge >= 0.3 is 0 Å². The van der Waals surface area contributed by atoms with Crippen LogP contribution in [-0.4, -0.2) is 19.0 Å². The number of amidine groups is 1. The summed E-state index contributed by atoms with van der Waals surface area (Å²) >= 11 is 0. The summed E-state index contributed by atoms with van der Waals surface area (Å²) in [6.07, 6.45) is 7.04. The zero-order valence-electron chi connectivity index (χ0n) is 13.3. The number of aliphatic imine (C=N–C) groups is 1. The van der Waals surface area contributed by atoms with Crippen molar-refractivity contribution in [3.8, 4) is 17.2 Å². The Morgan fingerprint density at radius 1 is 0.960 bits per heavy atom. The molecule has 6 rings (SSSR count). The van der Waals surface area contributed by atoms with Crippen molar-refractivity contribution >= 4 is 11.5 Å². The summed E-state index contributed by atoms with van der Waals surface area (Å²) in [6.45, 7) is 1.35. The van der Waals surface area contributed by atoms with Crippen molar-refractivity contribution in [2.75, 3.05) is 18.1 Å². The van der Waals surface area contributed by atoms with E-state index in [4.69, 9.17) is 19.2 Å². The number of para-hydroxylation sites is 1. The second kappa shape index (κ2) is 4.45. The number of fused-ring (bicyclic) bond motifs is 8. The molecular formula is C20H14N2O3. The summed E-state index contributed by atoms with van der Waals surface area (Å²) in [6, 6.07) is 12.4. The van der Waals surface area contributed by atoms with E-state index in [9.17, 15) is 0 Å².